The van der Waals surface area contributed by atoms with Crippen molar-refractivity contribution < 1.29 is 0 Å². The van der Waals surface area contributed by atoms with E-state index < -0.39 is 0 Å². The highest BCUT2D eigenvalue weighted by atomic mass is 15.2. The van der Waals surface area contributed by atoms with Crippen LogP contribution in [-0.4, -0.2) is 36.1 Å². The van der Waals surface area contributed by atoms with Crippen molar-refractivity contribution in [3.05, 3.63) is 41.9 Å². The van der Waals surface area contributed by atoms with Crippen molar-refractivity contribution in [2.75, 3.05) is 31.1 Å². The summed E-state index contributed by atoms with van der Waals surface area (Å²) in [5.74, 6) is 0.821. The third-order valence-corrected chi connectivity index (χ3v) is 3.75. The van der Waals surface area contributed by atoms with Crippen molar-refractivity contribution in [3.8, 4) is 11.3 Å². The Bertz CT molecular complexity index is 603. The number of hydrogen-bond acceptors (Lipinski definition) is 4. The number of anilines is 1. The van der Waals surface area contributed by atoms with Gasteiger partial charge in [0.05, 0.1) is 17.6 Å². The number of rotatable bonds is 2. The maximum absolute atomic E-state index is 4.71. The van der Waals surface area contributed by atoms with Crippen molar-refractivity contribution >= 4 is 5.69 Å². The summed E-state index contributed by atoms with van der Waals surface area (Å²) in [6.07, 6.45) is 1.97. The van der Waals surface area contributed by atoms with Crippen LogP contribution < -0.4 is 10.2 Å². The molecule has 0 aliphatic carbocycles. The van der Waals surface area contributed by atoms with Crippen LogP contribution in [0.25, 0.3) is 11.3 Å². The van der Waals surface area contributed by atoms with Crippen LogP contribution >= 0.6 is 0 Å². The van der Waals surface area contributed by atoms with Gasteiger partial charge >= 0.3 is 0 Å². The minimum atomic E-state index is 0.821. The lowest BCUT2D eigenvalue weighted by atomic mass is 10.0. The number of aromatic nitrogens is 2. The molecule has 1 aromatic carbocycles. The Kier molecular flexibility index (Phi) is 3.65. The first-order chi connectivity index (χ1) is 9.75. The average Bonchev–Trinajstić information content (AvgIpc) is 2.48. The Morgan fingerprint density at radius 3 is 2.60 bits per heavy atom. The Morgan fingerprint density at radius 2 is 1.85 bits per heavy atom. The van der Waals surface area contributed by atoms with E-state index in [9.17, 15) is 0 Å². The van der Waals surface area contributed by atoms with Gasteiger partial charge in [-0.1, -0.05) is 24.3 Å². The van der Waals surface area contributed by atoms with Gasteiger partial charge in [-0.3, -0.25) is 0 Å². The van der Waals surface area contributed by atoms with E-state index in [0.717, 1.165) is 43.4 Å². The molecule has 1 aliphatic heterocycles. The molecule has 3 rings (SSSR count). The molecule has 2 aromatic rings. The summed E-state index contributed by atoms with van der Waals surface area (Å²) in [5, 5.41) is 3.38. The van der Waals surface area contributed by atoms with Gasteiger partial charge in [-0.2, -0.15) is 0 Å². The second-order valence-electron chi connectivity index (χ2n) is 5.20. The number of benzene rings is 1. The molecule has 0 bridgehead atoms. The molecule has 1 aromatic heterocycles. The first-order valence-electron chi connectivity index (χ1n) is 7.11. The predicted octanol–water partition coefficient (Wildman–Crippen LogP) is 2.17. The topological polar surface area (TPSA) is 41.1 Å². The molecule has 1 N–H and O–H groups in total. The third kappa shape index (κ3) is 2.51. The molecule has 0 unspecified atom stereocenters. The third-order valence-electron chi connectivity index (χ3n) is 3.75. The van der Waals surface area contributed by atoms with Gasteiger partial charge < -0.3 is 10.2 Å². The molecule has 1 fully saturated rings. The summed E-state index contributed by atoms with van der Waals surface area (Å²) in [5.41, 5.74) is 4.65. The van der Waals surface area contributed by atoms with Crippen LogP contribution in [0.1, 0.15) is 11.4 Å². The first-order valence-corrected chi connectivity index (χ1v) is 7.11. The fourth-order valence-corrected chi connectivity index (χ4v) is 2.64. The summed E-state index contributed by atoms with van der Waals surface area (Å²) in [6, 6.07) is 8.41. The maximum Gasteiger partial charge on any atom is 0.126 e. The summed E-state index contributed by atoms with van der Waals surface area (Å²) < 4.78 is 0. The van der Waals surface area contributed by atoms with Gasteiger partial charge in [-0.15, -0.1) is 0 Å². The molecule has 0 atom stereocenters. The van der Waals surface area contributed by atoms with Gasteiger partial charge in [0.15, 0.2) is 0 Å². The SMILES string of the molecule is Cc1ncc(N2CCNCC2)c(-c2ccccc2C)n1. The molecule has 0 amide bonds. The lowest BCUT2D eigenvalue weighted by Gasteiger charge is -2.30. The molecular formula is C16H20N4. The molecule has 1 saturated heterocycles. The number of piperazine rings is 1. The fraction of sp³-hybridized carbons (Fsp3) is 0.375. The monoisotopic (exact) mass is 268 g/mol. The molecule has 0 saturated carbocycles. The summed E-state index contributed by atoms with van der Waals surface area (Å²) in [7, 11) is 0. The van der Waals surface area contributed by atoms with Crippen LogP contribution in [-0.2, 0) is 0 Å². The van der Waals surface area contributed by atoms with Gasteiger partial charge in [0.25, 0.3) is 0 Å². The summed E-state index contributed by atoms with van der Waals surface area (Å²) >= 11 is 0. The van der Waals surface area contributed by atoms with Crippen LogP contribution in [0.4, 0.5) is 5.69 Å². The van der Waals surface area contributed by atoms with Crippen LogP contribution in [0.3, 0.4) is 0 Å². The van der Waals surface area contributed by atoms with E-state index in [-0.39, 0.29) is 0 Å². The molecule has 4 nitrogen and oxygen atoms in total. The Morgan fingerprint density at radius 1 is 1.10 bits per heavy atom. The van der Waals surface area contributed by atoms with Crippen molar-refractivity contribution in [1.82, 2.24) is 15.3 Å². The molecule has 20 heavy (non-hydrogen) atoms. The van der Waals surface area contributed by atoms with Crippen molar-refractivity contribution in [3.63, 3.8) is 0 Å². The number of aryl methyl sites for hydroxylation is 2. The van der Waals surface area contributed by atoms with E-state index in [1.54, 1.807) is 0 Å². The van der Waals surface area contributed by atoms with E-state index in [2.05, 4.69) is 46.4 Å². The lowest BCUT2D eigenvalue weighted by molar-refractivity contribution is 0.588. The Labute approximate surface area is 119 Å². The normalized spacial score (nSPS) is 15.4. The first kappa shape index (κ1) is 13.1. The van der Waals surface area contributed by atoms with Crippen LogP contribution in [0.2, 0.25) is 0 Å². The van der Waals surface area contributed by atoms with Crippen LogP contribution in [0, 0.1) is 13.8 Å². The zero-order valence-corrected chi connectivity index (χ0v) is 12.1. The minimum Gasteiger partial charge on any atom is -0.366 e. The molecule has 104 valence electrons. The van der Waals surface area contributed by atoms with Gasteiger partial charge in [-0.25, -0.2) is 9.97 Å². The minimum absolute atomic E-state index is 0.821. The number of nitrogens with one attached hydrogen (secondary N) is 1. The molecule has 1 aliphatic rings. The smallest absolute Gasteiger partial charge is 0.126 e. The average molecular weight is 268 g/mol. The van der Waals surface area contributed by atoms with Gasteiger partial charge in [-0.05, 0) is 19.4 Å². The van der Waals surface area contributed by atoms with Crippen LogP contribution in [0.15, 0.2) is 30.5 Å². The molecule has 0 radical (unpaired) electrons. The Hall–Kier alpha value is -1.94. The highest BCUT2D eigenvalue weighted by Crippen LogP contribution is 2.30. The molecule has 0 spiro atoms. The van der Waals surface area contributed by atoms with E-state index in [4.69, 9.17) is 4.98 Å². The highest BCUT2D eigenvalue weighted by Gasteiger charge is 2.17. The van der Waals surface area contributed by atoms with Crippen molar-refractivity contribution in [2.45, 2.75) is 13.8 Å². The standard InChI is InChI=1S/C16H20N4/c1-12-5-3-4-6-14(12)16-15(11-18-13(2)19-16)20-9-7-17-8-10-20/h3-6,11,17H,7-10H2,1-2H3. The van der Waals surface area contributed by atoms with E-state index in [1.807, 2.05) is 13.1 Å². The second-order valence-corrected chi connectivity index (χ2v) is 5.20. The largest absolute Gasteiger partial charge is 0.366 e. The van der Waals surface area contributed by atoms with E-state index in [1.165, 1.54) is 11.1 Å². The van der Waals surface area contributed by atoms with Crippen molar-refractivity contribution in [2.24, 2.45) is 0 Å². The molecular weight excluding hydrogens is 248 g/mol. The zero-order valence-electron chi connectivity index (χ0n) is 12.1. The predicted molar refractivity (Wildman–Crippen MR) is 82.0 cm³/mol. The quantitative estimate of drug-likeness (QED) is 0.906. The summed E-state index contributed by atoms with van der Waals surface area (Å²) in [4.78, 5) is 11.5. The summed E-state index contributed by atoms with van der Waals surface area (Å²) in [6.45, 7) is 8.12. The Balaban J connectivity index is 2.09. The van der Waals surface area contributed by atoms with Crippen LogP contribution in [0.5, 0.6) is 0 Å². The van der Waals surface area contributed by atoms with Gasteiger partial charge in [0.1, 0.15) is 5.82 Å². The lowest BCUT2D eigenvalue weighted by Crippen LogP contribution is -2.43. The van der Waals surface area contributed by atoms with E-state index in [0.29, 0.717) is 0 Å². The number of nitrogens with zero attached hydrogens (tertiary/aromatic N) is 3. The van der Waals surface area contributed by atoms with Gasteiger partial charge in [0.2, 0.25) is 0 Å². The zero-order chi connectivity index (χ0) is 13.9. The van der Waals surface area contributed by atoms with Crippen molar-refractivity contribution in [1.29, 1.82) is 0 Å². The second kappa shape index (κ2) is 5.59. The molecule has 4 heteroatoms. The fourth-order valence-electron chi connectivity index (χ4n) is 2.64. The maximum atomic E-state index is 4.71. The molecule has 2 heterocycles. The van der Waals surface area contributed by atoms with E-state index >= 15 is 0 Å². The van der Waals surface area contributed by atoms with Gasteiger partial charge in [0, 0.05) is 31.7 Å². The number of hydrogen-bond donors (Lipinski definition) is 1. The highest BCUT2D eigenvalue weighted by molar-refractivity contribution is 5.76.